The van der Waals surface area contributed by atoms with Crippen molar-refractivity contribution in [1.29, 1.82) is 0 Å². The summed E-state index contributed by atoms with van der Waals surface area (Å²) in [6.45, 7) is 7.99. The Kier molecular flexibility index (Phi) is 5.77. The Labute approximate surface area is 101 Å². The second-order valence-corrected chi connectivity index (χ2v) is 6.31. The zero-order chi connectivity index (χ0) is 12.0. The van der Waals surface area contributed by atoms with Crippen LogP contribution in [0.2, 0.25) is 0 Å². The molecule has 96 valence electrons. The highest BCUT2D eigenvalue weighted by Gasteiger charge is 2.23. The molecule has 0 heterocycles. The lowest BCUT2D eigenvalue weighted by Gasteiger charge is -2.30. The molecule has 1 saturated carbocycles. The van der Waals surface area contributed by atoms with Gasteiger partial charge in [-0.15, -0.1) is 0 Å². The zero-order valence-electron chi connectivity index (χ0n) is 11.3. The van der Waals surface area contributed by atoms with Gasteiger partial charge < -0.3 is 10.4 Å². The van der Waals surface area contributed by atoms with Crippen LogP contribution in [0.3, 0.4) is 0 Å². The van der Waals surface area contributed by atoms with E-state index in [9.17, 15) is 5.11 Å². The monoisotopic (exact) mass is 227 g/mol. The van der Waals surface area contributed by atoms with E-state index in [2.05, 4.69) is 26.1 Å². The van der Waals surface area contributed by atoms with Gasteiger partial charge in [0.25, 0.3) is 0 Å². The average Bonchev–Trinajstić information content (AvgIpc) is 2.24. The minimum Gasteiger partial charge on any atom is -0.396 e. The minimum atomic E-state index is 0.201. The van der Waals surface area contributed by atoms with Crippen LogP contribution in [0.25, 0.3) is 0 Å². The van der Waals surface area contributed by atoms with Crippen LogP contribution in [-0.4, -0.2) is 23.8 Å². The highest BCUT2D eigenvalue weighted by molar-refractivity contribution is 4.76. The molecule has 0 saturated heterocycles. The van der Waals surface area contributed by atoms with Crippen molar-refractivity contribution in [3.63, 3.8) is 0 Å². The lowest BCUT2D eigenvalue weighted by Crippen LogP contribution is -2.38. The molecule has 2 heteroatoms. The molecule has 0 spiro atoms. The fraction of sp³-hybridized carbons (Fsp3) is 1.00. The average molecular weight is 227 g/mol. The van der Waals surface area contributed by atoms with Crippen LogP contribution in [0.5, 0.6) is 0 Å². The number of hydrogen-bond acceptors (Lipinski definition) is 2. The van der Waals surface area contributed by atoms with Crippen molar-refractivity contribution in [2.45, 2.75) is 64.8 Å². The Morgan fingerprint density at radius 1 is 1.19 bits per heavy atom. The summed E-state index contributed by atoms with van der Waals surface area (Å²) >= 11 is 0. The molecule has 2 nitrogen and oxygen atoms in total. The molecule has 0 bridgehead atoms. The van der Waals surface area contributed by atoms with Crippen molar-refractivity contribution in [2.24, 2.45) is 11.8 Å². The van der Waals surface area contributed by atoms with Crippen LogP contribution in [0.4, 0.5) is 0 Å². The molecule has 0 radical (unpaired) electrons. The van der Waals surface area contributed by atoms with Crippen LogP contribution in [0, 0.1) is 11.8 Å². The van der Waals surface area contributed by atoms with E-state index < -0.39 is 0 Å². The predicted octanol–water partition coefficient (Wildman–Crippen LogP) is 2.95. The van der Waals surface area contributed by atoms with Crippen molar-refractivity contribution in [1.82, 2.24) is 5.32 Å². The number of aliphatic hydroxyl groups is 1. The largest absolute Gasteiger partial charge is 0.396 e. The number of aliphatic hydroxyl groups excluding tert-OH is 1. The smallest absolute Gasteiger partial charge is 0.0462 e. The predicted molar refractivity (Wildman–Crippen MR) is 69.5 cm³/mol. The molecule has 16 heavy (non-hydrogen) atoms. The van der Waals surface area contributed by atoms with Gasteiger partial charge in [-0.05, 0) is 45.6 Å². The van der Waals surface area contributed by atoms with E-state index in [-0.39, 0.29) is 5.54 Å². The van der Waals surface area contributed by atoms with Gasteiger partial charge in [0.2, 0.25) is 0 Å². The van der Waals surface area contributed by atoms with E-state index in [4.69, 9.17) is 0 Å². The van der Waals surface area contributed by atoms with Crippen molar-refractivity contribution < 1.29 is 5.11 Å². The molecular weight excluding hydrogens is 198 g/mol. The highest BCUT2D eigenvalue weighted by atomic mass is 16.3. The molecule has 0 aliphatic heterocycles. The van der Waals surface area contributed by atoms with Crippen LogP contribution < -0.4 is 5.32 Å². The highest BCUT2D eigenvalue weighted by Crippen LogP contribution is 2.31. The van der Waals surface area contributed by atoms with Gasteiger partial charge in [-0.1, -0.05) is 32.1 Å². The van der Waals surface area contributed by atoms with E-state index in [0.29, 0.717) is 12.5 Å². The molecule has 1 atom stereocenters. The second-order valence-electron chi connectivity index (χ2n) is 6.31. The van der Waals surface area contributed by atoms with E-state index in [1.165, 1.54) is 32.1 Å². The van der Waals surface area contributed by atoms with Gasteiger partial charge in [-0.25, -0.2) is 0 Å². The summed E-state index contributed by atoms with van der Waals surface area (Å²) < 4.78 is 0. The van der Waals surface area contributed by atoms with Gasteiger partial charge in [-0.3, -0.25) is 0 Å². The third kappa shape index (κ3) is 5.31. The molecule has 0 aromatic carbocycles. The number of hydrogen-bond donors (Lipinski definition) is 2. The van der Waals surface area contributed by atoms with Crippen molar-refractivity contribution in [3.8, 4) is 0 Å². The van der Waals surface area contributed by atoms with Gasteiger partial charge in [0.15, 0.2) is 0 Å². The van der Waals surface area contributed by atoms with Crippen LogP contribution >= 0.6 is 0 Å². The van der Waals surface area contributed by atoms with Crippen LogP contribution in [0.1, 0.15) is 59.3 Å². The summed E-state index contributed by atoms with van der Waals surface area (Å²) in [5.74, 6) is 1.30. The molecular formula is C14H29NO. The SMILES string of the molecule is CC(C)(C)NCCC(CO)C1CCCCC1. The van der Waals surface area contributed by atoms with Crippen molar-refractivity contribution in [2.75, 3.05) is 13.2 Å². The van der Waals surface area contributed by atoms with E-state index in [1.807, 2.05) is 0 Å². The summed E-state index contributed by atoms with van der Waals surface area (Å²) in [4.78, 5) is 0. The molecule has 0 aromatic heterocycles. The normalized spacial score (nSPS) is 21.0. The maximum absolute atomic E-state index is 9.48. The zero-order valence-corrected chi connectivity index (χ0v) is 11.3. The first-order valence-corrected chi connectivity index (χ1v) is 6.89. The van der Waals surface area contributed by atoms with Crippen molar-refractivity contribution >= 4 is 0 Å². The fourth-order valence-corrected chi connectivity index (χ4v) is 2.71. The first-order valence-electron chi connectivity index (χ1n) is 6.89. The van der Waals surface area contributed by atoms with E-state index in [0.717, 1.165) is 18.9 Å². The summed E-state index contributed by atoms with van der Waals surface area (Å²) in [7, 11) is 0. The Bertz CT molecular complexity index is 180. The molecule has 1 unspecified atom stereocenters. The van der Waals surface area contributed by atoms with Crippen LogP contribution in [-0.2, 0) is 0 Å². The topological polar surface area (TPSA) is 32.3 Å². The van der Waals surface area contributed by atoms with E-state index in [1.54, 1.807) is 0 Å². The summed E-state index contributed by atoms with van der Waals surface area (Å²) in [6.07, 6.45) is 7.93. The van der Waals surface area contributed by atoms with Crippen LogP contribution in [0.15, 0.2) is 0 Å². The molecule has 1 aliphatic rings. The van der Waals surface area contributed by atoms with Gasteiger partial charge in [0.1, 0.15) is 0 Å². The van der Waals surface area contributed by atoms with Gasteiger partial charge in [0.05, 0.1) is 0 Å². The Morgan fingerprint density at radius 3 is 2.31 bits per heavy atom. The Hall–Kier alpha value is -0.0800. The van der Waals surface area contributed by atoms with Crippen molar-refractivity contribution in [3.05, 3.63) is 0 Å². The number of nitrogens with one attached hydrogen (secondary N) is 1. The third-order valence-electron chi connectivity index (χ3n) is 3.72. The van der Waals surface area contributed by atoms with Gasteiger partial charge in [-0.2, -0.15) is 0 Å². The minimum absolute atomic E-state index is 0.201. The Balaban J connectivity index is 2.25. The summed E-state index contributed by atoms with van der Waals surface area (Å²) in [5.41, 5.74) is 0.201. The quantitative estimate of drug-likeness (QED) is 0.757. The lowest BCUT2D eigenvalue weighted by atomic mass is 9.79. The third-order valence-corrected chi connectivity index (χ3v) is 3.72. The molecule has 0 amide bonds. The fourth-order valence-electron chi connectivity index (χ4n) is 2.71. The maximum Gasteiger partial charge on any atom is 0.0462 e. The molecule has 2 N–H and O–H groups in total. The molecule has 1 fully saturated rings. The molecule has 1 aliphatic carbocycles. The standard InChI is InChI=1S/C14H29NO/c1-14(2,3)15-10-9-13(11-16)12-7-5-4-6-8-12/h12-13,15-16H,4-11H2,1-3H3. The maximum atomic E-state index is 9.48. The molecule has 1 rings (SSSR count). The second kappa shape index (κ2) is 6.61. The van der Waals surface area contributed by atoms with E-state index >= 15 is 0 Å². The first kappa shape index (κ1) is 14.0. The van der Waals surface area contributed by atoms with Gasteiger partial charge >= 0.3 is 0 Å². The summed E-state index contributed by atoms with van der Waals surface area (Å²) in [5, 5.41) is 13.0. The lowest BCUT2D eigenvalue weighted by molar-refractivity contribution is 0.137. The molecule has 0 aromatic rings. The van der Waals surface area contributed by atoms with Gasteiger partial charge in [0, 0.05) is 12.1 Å². The Morgan fingerprint density at radius 2 is 1.81 bits per heavy atom. The summed E-state index contributed by atoms with van der Waals surface area (Å²) in [6, 6.07) is 0. The number of rotatable bonds is 5. The first-order chi connectivity index (χ1) is 7.53.